The first-order chi connectivity index (χ1) is 7.42. The minimum Gasteiger partial charge on any atom is -0.0654 e. The summed E-state index contributed by atoms with van der Waals surface area (Å²) in [6, 6.07) is 0. The molecule has 1 radical (unpaired) electrons. The van der Waals surface area contributed by atoms with Crippen LogP contribution in [0.3, 0.4) is 0 Å². The molecule has 0 amide bonds. The smallest absolute Gasteiger partial charge is 0.0238 e. The molecule has 16 heavy (non-hydrogen) atoms. The first-order valence-electron chi connectivity index (χ1n) is 7.26. The van der Waals surface area contributed by atoms with Gasteiger partial charge in [-0.25, -0.2) is 0 Å². The van der Waals surface area contributed by atoms with E-state index < -0.39 is 0 Å². The van der Waals surface area contributed by atoms with E-state index in [1.54, 1.807) is 0 Å². The standard InChI is InChI=1S/C16H33/c1-7-10-15(11-12-16(4,5)6)13-14(8-2)9-3/h14H,7-13H2,1-6H3. The summed E-state index contributed by atoms with van der Waals surface area (Å²) in [5, 5.41) is 0. The van der Waals surface area contributed by atoms with Gasteiger partial charge in [0.05, 0.1) is 0 Å². The van der Waals surface area contributed by atoms with Crippen LogP contribution in [0.5, 0.6) is 0 Å². The van der Waals surface area contributed by atoms with Gasteiger partial charge in [-0.2, -0.15) is 0 Å². The number of hydrogen-bond acceptors (Lipinski definition) is 0. The minimum absolute atomic E-state index is 0.493. The lowest BCUT2D eigenvalue weighted by Gasteiger charge is -2.25. The zero-order valence-electron chi connectivity index (χ0n) is 12.5. The van der Waals surface area contributed by atoms with Crippen molar-refractivity contribution in [2.24, 2.45) is 11.3 Å². The number of rotatable bonds is 8. The topological polar surface area (TPSA) is 0 Å². The van der Waals surface area contributed by atoms with Gasteiger partial charge in [-0.3, -0.25) is 0 Å². The van der Waals surface area contributed by atoms with Crippen LogP contribution in [0.4, 0.5) is 0 Å². The van der Waals surface area contributed by atoms with Crippen molar-refractivity contribution in [2.45, 2.75) is 86.5 Å². The maximum Gasteiger partial charge on any atom is -0.0238 e. The van der Waals surface area contributed by atoms with E-state index in [9.17, 15) is 0 Å². The van der Waals surface area contributed by atoms with Gasteiger partial charge >= 0.3 is 0 Å². The van der Waals surface area contributed by atoms with E-state index in [-0.39, 0.29) is 0 Å². The maximum atomic E-state index is 2.35. The fourth-order valence-corrected chi connectivity index (χ4v) is 2.22. The lowest BCUT2D eigenvalue weighted by atomic mass is 9.80. The highest BCUT2D eigenvalue weighted by Crippen LogP contribution is 2.32. The van der Waals surface area contributed by atoms with Crippen LogP contribution in [-0.4, -0.2) is 0 Å². The van der Waals surface area contributed by atoms with Crippen molar-refractivity contribution in [3.05, 3.63) is 5.92 Å². The van der Waals surface area contributed by atoms with Crippen LogP contribution in [0.25, 0.3) is 0 Å². The summed E-state index contributed by atoms with van der Waals surface area (Å²) in [5.41, 5.74) is 0.493. The van der Waals surface area contributed by atoms with Gasteiger partial charge in [0.2, 0.25) is 0 Å². The van der Waals surface area contributed by atoms with Gasteiger partial charge in [0.25, 0.3) is 0 Å². The molecule has 0 aromatic rings. The Balaban J connectivity index is 4.05. The fourth-order valence-electron chi connectivity index (χ4n) is 2.22. The molecule has 0 N–H and O–H groups in total. The quantitative estimate of drug-likeness (QED) is 0.474. The molecule has 0 aliphatic heterocycles. The SMILES string of the molecule is CCC[C](CCC(C)(C)C)CC(CC)CC. The first kappa shape index (κ1) is 16.0. The highest BCUT2D eigenvalue weighted by Gasteiger charge is 2.17. The van der Waals surface area contributed by atoms with Crippen molar-refractivity contribution in [1.29, 1.82) is 0 Å². The van der Waals surface area contributed by atoms with Crippen molar-refractivity contribution in [3.63, 3.8) is 0 Å². The lowest BCUT2D eigenvalue weighted by molar-refractivity contribution is 0.348. The van der Waals surface area contributed by atoms with E-state index >= 15 is 0 Å². The normalized spacial score (nSPS) is 12.8. The molecule has 0 nitrogen and oxygen atoms in total. The Morgan fingerprint density at radius 2 is 1.50 bits per heavy atom. The largest absolute Gasteiger partial charge is 0.0654 e. The molecule has 0 unspecified atom stereocenters. The van der Waals surface area contributed by atoms with Crippen molar-refractivity contribution in [3.8, 4) is 0 Å². The van der Waals surface area contributed by atoms with E-state index in [1.165, 1.54) is 44.9 Å². The van der Waals surface area contributed by atoms with Crippen LogP contribution in [0.1, 0.15) is 86.5 Å². The molecule has 0 aliphatic rings. The molecule has 0 heteroatoms. The molecular formula is C16H33. The van der Waals surface area contributed by atoms with E-state index in [4.69, 9.17) is 0 Å². The van der Waals surface area contributed by atoms with Crippen molar-refractivity contribution < 1.29 is 0 Å². The molecule has 0 aromatic carbocycles. The Morgan fingerprint density at radius 1 is 0.938 bits per heavy atom. The van der Waals surface area contributed by atoms with Crippen molar-refractivity contribution >= 4 is 0 Å². The van der Waals surface area contributed by atoms with E-state index in [0.29, 0.717) is 5.41 Å². The van der Waals surface area contributed by atoms with Gasteiger partial charge in [0.15, 0.2) is 0 Å². The van der Waals surface area contributed by atoms with E-state index in [0.717, 1.165) is 5.92 Å². The summed E-state index contributed by atoms with van der Waals surface area (Å²) in [5.74, 6) is 2.76. The number of hydrogen-bond donors (Lipinski definition) is 0. The third-order valence-electron chi connectivity index (χ3n) is 3.56. The summed E-state index contributed by atoms with van der Waals surface area (Å²) in [6.07, 6.45) is 9.46. The monoisotopic (exact) mass is 225 g/mol. The molecule has 0 saturated carbocycles. The van der Waals surface area contributed by atoms with Crippen LogP contribution in [-0.2, 0) is 0 Å². The minimum atomic E-state index is 0.493. The van der Waals surface area contributed by atoms with Crippen LogP contribution in [0, 0.1) is 17.3 Å². The molecule has 0 bridgehead atoms. The van der Waals surface area contributed by atoms with E-state index in [1.807, 2.05) is 5.92 Å². The molecule has 0 spiro atoms. The zero-order valence-corrected chi connectivity index (χ0v) is 12.5. The maximum absolute atomic E-state index is 2.35. The van der Waals surface area contributed by atoms with Gasteiger partial charge in [0.1, 0.15) is 0 Å². The predicted octanol–water partition coefficient (Wildman–Crippen LogP) is 6.01. The zero-order chi connectivity index (χ0) is 12.6. The van der Waals surface area contributed by atoms with Gasteiger partial charge in [-0.05, 0) is 42.9 Å². The summed E-state index contributed by atoms with van der Waals surface area (Å²) >= 11 is 0. The average molecular weight is 225 g/mol. The molecule has 0 atom stereocenters. The van der Waals surface area contributed by atoms with Crippen LogP contribution in [0.15, 0.2) is 0 Å². The summed E-state index contributed by atoms with van der Waals surface area (Å²) < 4.78 is 0. The second kappa shape index (κ2) is 8.14. The van der Waals surface area contributed by atoms with Gasteiger partial charge in [-0.15, -0.1) is 0 Å². The Morgan fingerprint density at radius 3 is 1.88 bits per heavy atom. The highest BCUT2D eigenvalue weighted by molar-refractivity contribution is 4.92. The van der Waals surface area contributed by atoms with Gasteiger partial charge in [-0.1, -0.05) is 60.8 Å². The Labute approximate surface area is 104 Å². The average Bonchev–Trinajstić information content (AvgIpc) is 2.21. The summed E-state index contributed by atoms with van der Waals surface area (Å²) in [6.45, 7) is 14.0. The Bertz CT molecular complexity index is 148. The molecule has 0 heterocycles. The molecule has 0 rings (SSSR count). The third-order valence-corrected chi connectivity index (χ3v) is 3.56. The molecule has 0 fully saturated rings. The van der Waals surface area contributed by atoms with Gasteiger partial charge < -0.3 is 0 Å². The Hall–Kier alpha value is 0. The second-order valence-electron chi connectivity index (χ2n) is 6.45. The fraction of sp³-hybridized carbons (Fsp3) is 0.938. The predicted molar refractivity (Wildman–Crippen MR) is 75.5 cm³/mol. The van der Waals surface area contributed by atoms with Crippen molar-refractivity contribution in [2.75, 3.05) is 0 Å². The van der Waals surface area contributed by atoms with Gasteiger partial charge in [0, 0.05) is 0 Å². The van der Waals surface area contributed by atoms with Crippen LogP contribution < -0.4 is 0 Å². The van der Waals surface area contributed by atoms with Crippen LogP contribution >= 0.6 is 0 Å². The van der Waals surface area contributed by atoms with Crippen molar-refractivity contribution in [1.82, 2.24) is 0 Å². The molecule has 0 aromatic heterocycles. The van der Waals surface area contributed by atoms with Crippen LogP contribution in [0.2, 0.25) is 0 Å². The third kappa shape index (κ3) is 8.19. The second-order valence-corrected chi connectivity index (χ2v) is 6.45. The lowest BCUT2D eigenvalue weighted by Crippen LogP contribution is -2.11. The Kier molecular flexibility index (Phi) is 8.14. The molecule has 97 valence electrons. The molecular weight excluding hydrogens is 192 g/mol. The highest BCUT2D eigenvalue weighted by atomic mass is 14.2. The summed E-state index contributed by atoms with van der Waals surface area (Å²) in [7, 11) is 0. The molecule has 0 saturated heterocycles. The summed E-state index contributed by atoms with van der Waals surface area (Å²) in [4.78, 5) is 0. The van der Waals surface area contributed by atoms with E-state index in [2.05, 4.69) is 41.5 Å². The molecule has 0 aliphatic carbocycles. The first-order valence-corrected chi connectivity index (χ1v) is 7.26.